The Hall–Kier alpha value is -0.800. The Morgan fingerprint density at radius 2 is 2.04 bits per heavy atom. The van der Waals surface area contributed by atoms with Gasteiger partial charge in [0.05, 0.1) is 19.3 Å². The summed E-state index contributed by atoms with van der Waals surface area (Å²) in [7, 11) is 0. The van der Waals surface area contributed by atoms with E-state index >= 15 is 0 Å². The largest absolute Gasteiger partial charge is 0.465 e. The van der Waals surface area contributed by atoms with Gasteiger partial charge in [-0.2, -0.15) is 0 Å². The van der Waals surface area contributed by atoms with Crippen LogP contribution in [0, 0.1) is 12.8 Å². The first-order valence-corrected chi connectivity index (χ1v) is 7.98. The van der Waals surface area contributed by atoms with Crippen molar-refractivity contribution in [1.82, 2.24) is 10.2 Å². The van der Waals surface area contributed by atoms with Crippen LogP contribution in [0.25, 0.3) is 0 Å². The number of hydrogen-bond donors (Lipinski definition) is 2. The molecule has 0 saturated carbocycles. The molecular weight excluding hydrogens is 407 g/mol. The zero-order valence-corrected chi connectivity index (χ0v) is 16.6. The van der Waals surface area contributed by atoms with Gasteiger partial charge in [-0.25, -0.2) is 0 Å². The van der Waals surface area contributed by atoms with E-state index in [4.69, 9.17) is 14.9 Å². The molecular formula is C16H29IN4O2. The number of ether oxygens (including phenoxy) is 1. The summed E-state index contributed by atoms with van der Waals surface area (Å²) in [5, 5.41) is 3.23. The number of rotatable bonds is 6. The summed E-state index contributed by atoms with van der Waals surface area (Å²) in [6.45, 7) is 10.9. The number of aliphatic imine (C=N–C) groups is 1. The molecule has 2 rings (SSSR count). The predicted molar refractivity (Wildman–Crippen MR) is 103 cm³/mol. The lowest BCUT2D eigenvalue weighted by Gasteiger charge is -2.33. The first kappa shape index (κ1) is 20.2. The Bertz CT molecular complexity index is 484. The van der Waals surface area contributed by atoms with Gasteiger partial charge in [0.2, 0.25) is 0 Å². The van der Waals surface area contributed by atoms with E-state index in [0.717, 1.165) is 44.4 Å². The van der Waals surface area contributed by atoms with Crippen LogP contribution in [0.4, 0.5) is 0 Å². The number of hydrogen-bond acceptors (Lipinski definition) is 4. The molecule has 6 nitrogen and oxygen atoms in total. The molecule has 1 saturated heterocycles. The van der Waals surface area contributed by atoms with Crippen LogP contribution < -0.4 is 11.1 Å². The maximum atomic E-state index is 5.95. The van der Waals surface area contributed by atoms with Gasteiger partial charge in [0.25, 0.3) is 0 Å². The fourth-order valence-corrected chi connectivity index (χ4v) is 2.47. The molecule has 1 unspecified atom stereocenters. The number of furan rings is 1. The van der Waals surface area contributed by atoms with Crippen LogP contribution in [0.1, 0.15) is 31.4 Å². The Morgan fingerprint density at radius 3 is 2.61 bits per heavy atom. The molecule has 1 aliphatic rings. The van der Waals surface area contributed by atoms with Gasteiger partial charge in [0.15, 0.2) is 5.96 Å². The van der Waals surface area contributed by atoms with Crippen molar-refractivity contribution in [2.45, 2.75) is 26.8 Å². The monoisotopic (exact) mass is 436 g/mol. The normalized spacial score (nSPS) is 17.8. The highest BCUT2D eigenvalue weighted by atomic mass is 127. The van der Waals surface area contributed by atoms with Gasteiger partial charge in [-0.15, -0.1) is 24.0 Å². The maximum absolute atomic E-state index is 5.95. The summed E-state index contributed by atoms with van der Waals surface area (Å²) in [6.07, 6.45) is 0. The lowest BCUT2D eigenvalue weighted by atomic mass is 10.1. The number of morpholine rings is 1. The lowest BCUT2D eigenvalue weighted by Crippen LogP contribution is -2.45. The molecule has 3 N–H and O–H groups in total. The molecule has 1 atom stereocenters. The van der Waals surface area contributed by atoms with Crippen molar-refractivity contribution in [2.24, 2.45) is 16.6 Å². The number of nitrogens with two attached hydrogens (primary N) is 1. The van der Waals surface area contributed by atoms with Gasteiger partial charge >= 0.3 is 0 Å². The highest BCUT2D eigenvalue weighted by Crippen LogP contribution is 2.23. The van der Waals surface area contributed by atoms with E-state index < -0.39 is 0 Å². The topological polar surface area (TPSA) is 76.0 Å². The highest BCUT2D eigenvalue weighted by molar-refractivity contribution is 14.0. The summed E-state index contributed by atoms with van der Waals surface area (Å²) in [4.78, 5) is 6.71. The van der Waals surface area contributed by atoms with Gasteiger partial charge in [0.1, 0.15) is 11.5 Å². The van der Waals surface area contributed by atoms with Crippen LogP contribution in [-0.2, 0) is 4.74 Å². The van der Waals surface area contributed by atoms with E-state index in [1.165, 1.54) is 0 Å². The van der Waals surface area contributed by atoms with Crippen LogP contribution >= 0.6 is 24.0 Å². The SMILES string of the molecule is Cc1ccc(C(CNC(N)=NCC(C)C)N2CCOCC2)o1.I. The fourth-order valence-electron chi connectivity index (χ4n) is 2.47. The van der Waals surface area contributed by atoms with Gasteiger partial charge < -0.3 is 20.2 Å². The Labute approximate surface area is 155 Å². The van der Waals surface area contributed by atoms with E-state index in [1.54, 1.807) is 0 Å². The molecule has 7 heteroatoms. The third-order valence-corrected chi connectivity index (χ3v) is 3.68. The molecule has 0 radical (unpaired) electrons. The molecule has 0 aromatic carbocycles. The van der Waals surface area contributed by atoms with Gasteiger partial charge in [0, 0.05) is 26.2 Å². The maximum Gasteiger partial charge on any atom is 0.188 e. The molecule has 132 valence electrons. The van der Waals surface area contributed by atoms with Crippen molar-refractivity contribution in [3.63, 3.8) is 0 Å². The number of nitrogens with one attached hydrogen (secondary N) is 1. The minimum atomic E-state index is 0. The summed E-state index contributed by atoms with van der Waals surface area (Å²) in [5.41, 5.74) is 5.95. The van der Waals surface area contributed by atoms with Crippen LogP contribution in [-0.4, -0.2) is 50.3 Å². The molecule has 0 spiro atoms. The number of halogens is 1. The van der Waals surface area contributed by atoms with Crippen molar-refractivity contribution in [1.29, 1.82) is 0 Å². The standard InChI is InChI=1S/C16H28N4O2.HI/c1-12(2)10-18-16(17)19-11-14(15-5-4-13(3)22-15)20-6-8-21-9-7-20;/h4-5,12,14H,6-11H2,1-3H3,(H3,17,18,19);1H. The van der Waals surface area contributed by atoms with Crippen LogP contribution in [0.2, 0.25) is 0 Å². The first-order chi connectivity index (χ1) is 10.6. The number of guanidine groups is 1. The second kappa shape index (κ2) is 10.1. The molecule has 1 aromatic heterocycles. The van der Waals surface area contributed by atoms with Crippen LogP contribution in [0.15, 0.2) is 21.5 Å². The molecule has 1 aliphatic heterocycles. The second-order valence-corrected chi connectivity index (χ2v) is 6.11. The number of nitrogens with zero attached hydrogens (tertiary/aromatic N) is 2. The lowest BCUT2D eigenvalue weighted by molar-refractivity contribution is 0.0125. The van der Waals surface area contributed by atoms with Crippen molar-refractivity contribution in [3.05, 3.63) is 23.7 Å². The van der Waals surface area contributed by atoms with Gasteiger partial charge in [-0.1, -0.05) is 13.8 Å². The Morgan fingerprint density at radius 1 is 1.35 bits per heavy atom. The molecule has 0 aliphatic carbocycles. The highest BCUT2D eigenvalue weighted by Gasteiger charge is 2.25. The fraction of sp³-hybridized carbons (Fsp3) is 0.688. The van der Waals surface area contributed by atoms with E-state index in [2.05, 4.69) is 29.1 Å². The zero-order valence-electron chi connectivity index (χ0n) is 14.2. The van der Waals surface area contributed by atoms with Gasteiger partial charge in [-0.3, -0.25) is 9.89 Å². The quantitative estimate of drug-likeness (QED) is 0.406. The summed E-state index contributed by atoms with van der Waals surface area (Å²) in [6, 6.07) is 4.18. The van der Waals surface area contributed by atoms with Crippen LogP contribution in [0.5, 0.6) is 0 Å². The first-order valence-electron chi connectivity index (χ1n) is 7.98. The van der Waals surface area contributed by atoms with Crippen molar-refractivity contribution in [3.8, 4) is 0 Å². The van der Waals surface area contributed by atoms with E-state index in [9.17, 15) is 0 Å². The van der Waals surface area contributed by atoms with E-state index in [-0.39, 0.29) is 30.0 Å². The minimum absolute atomic E-state index is 0. The second-order valence-electron chi connectivity index (χ2n) is 6.11. The van der Waals surface area contributed by atoms with Crippen molar-refractivity contribution < 1.29 is 9.15 Å². The molecule has 0 amide bonds. The minimum Gasteiger partial charge on any atom is -0.465 e. The molecule has 1 aromatic rings. The smallest absolute Gasteiger partial charge is 0.188 e. The van der Waals surface area contributed by atoms with Crippen LogP contribution in [0.3, 0.4) is 0 Å². The molecule has 1 fully saturated rings. The Kier molecular flexibility index (Phi) is 8.93. The summed E-state index contributed by atoms with van der Waals surface area (Å²) in [5.74, 6) is 2.89. The third-order valence-electron chi connectivity index (χ3n) is 3.68. The average molecular weight is 436 g/mol. The molecule has 0 bridgehead atoms. The van der Waals surface area contributed by atoms with Gasteiger partial charge in [-0.05, 0) is 25.0 Å². The third kappa shape index (κ3) is 6.68. The number of aryl methyl sites for hydroxylation is 1. The van der Waals surface area contributed by atoms with Crippen molar-refractivity contribution >= 4 is 29.9 Å². The summed E-state index contributed by atoms with van der Waals surface area (Å²) < 4.78 is 11.3. The average Bonchev–Trinajstić information content (AvgIpc) is 2.93. The van der Waals surface area contributed by atoms with E-state index in [1.807, 2.05) is 19.1 Å². The molecule has 23 heavy (non-hydrogen) atoms. The van der Waals surface area contributed by atoms with E-state index in [0.29, 0.717) is 18.4 Å². The Balaban J connectivity index is 0.00000264. The summed E-state index contributed by atoms with van der Waals surface area (Å²) >= 11 is 0. The molecule has 2 heterocycles. The zero-order chi connectivity index (χ0) is 15.9. The predicted octanol–water partition coefficient (Wildman–Crippen LogP) is 2.14. The van der Waals surface area contributed by atoms with Crippen molar-refractivity contribution in [2.75, 3.05) is 39.4 Å².